The third kappa shape index (κ3) is 1.74. The predicted octanol–water partition coefficient (Wildman–Crippen LogP) is -2.26. The van der Waals surface area contributed by atoms with Gasteiger partial charge in [0.15, 0.2) is 0 Å². The summed E-state index contributed by atoms with van der Waals surface area (Å²) in [5.74, 6) is -0.136. The molecule has 1 aliphatic heterocycles. The maximum atomic E-state index is 11.1. The second-order valence-electron chi connectivity index (χ2n) is 3.00. The normalized spacial score (nSPS) is 28.9. The second kappa shape index (κ2) is 3.84. The summed E-state index contributed by atoms with van der Waals surface area (Å²) in [6.45, 7) is 1.19. The summed E-state index contributed by atoms with van der Waals surface area (Å²) in [7, 11) is 1.66. The molecule has 0 bridgehead atoms. The van der Waals surface area contributed by atoms with Gasteiger partial charge in [0.05, 0.1) is 18.7 Å². The van der Waals surface area contributed by atoms with E-state index >= 15 is 0 Å². The zero-order valence-electron chi connectivity index (χ0n) is 7.16. The first-order valence-electron chi connectivity index (χ1n) is 4.01. The lowest BCUT2D eigenvalue weighted by atomic mass is 10.2. The van der Waals surface area contributed by atoms with Gasteiger partial charge in [0.2, 0.25) is 5.91 Å². The van der Waals surface area contributed by atoms with Crippen LogP contribution in [-0.4, -0.2) is 54.7 Å². The Hall–Kier alpha value is -0.650. The number of nitrogens with one attached hydrogen (secondary N) is 1. The smallest absolute Gasteiger partial charge is 0.236 e. The highest BCUT2D eigenvalue weighted by atomic mass is 16.3. The zero-order chi connectivity index (χ0) is 9.14. The molecule has 1 heterocycles. The number of rotatable bonds is 2. The van der Waals surface area contributed by atoms with E-state index in [0.717, 1.165) is 0 Å². The summed E-state index contributed by atoms with van der Waals surface area (Å²) in [5, 5.41) is 12.4. The Bertz CT molecular complexity index is 174. The zero-order valence-corrected chi connectivity index (χ0v) is 7.16. The van der Waals surface area contributed by atoms with Gasteiger partial charge in [0.1, 0.15) is 0 Å². The standard InChI is InChI=1S/C7H15N3O2/c1-10(7(12)2-8)5-3-9-4-6(5)11/h5-6,9,11H,2-4,8H2,1H3. The van der Waals surface area contributed by atoms with Crippen molar-refractivity contribution in [3.63, 3.8) is 0 Å². The molecule has 0 saturated carbocycles. The highest BCUT2D eigenvalue weighted by molar-refractivity contribution is 5.78. The van der Waals surface area contributed by atoms with E-state index in [-0.39, 0.29) is 18.5 Å². The largest absolute Gasteiger partial charge is 0.390 e. The van der Waals surface area contributed by atoms with Crippen LogP contribution in [0.15, 0.2) is 0 Å². The first kappa shape index (κ1) is 9.44. The van der Waals surface area contributed by atoms with Crippen LogP contribution in [-0.2, 0) is 4.79 Å². The van der Waals surface area contributed by atoms with Crippen LogP contribution >= 0.6 is 0 Å². The molecule has 5 nitrogen and oxygen atoms in total. The summed E-state index contributed by atoms with van der Waals surface area (Å²) in [6, 6.07) is -0.124. The van der Waals surface area contributed by atoms with E-state index in [4.69, 9.17) is 5.73 Å². The van der Waals surface area contributed by atoms with Crippen LogP contribution in [0.25, 0.3) is 0 Å². The number of nitrogens with zero attached hydrogens (tertiary/aromatic N) is 1. The van der Waals surface area contributed by atoms with Gasteiger partial charge in [-0.2, -0.15) is 0 Å². The van der Waals surface area contributed by atoms with Gasteiger partial charge in [-0.25, -0.2) is 0 Å². The lowest BCUT2D eigenvalue weighted by Gasteiger charge is -2.25. The maximum absolute atomic E-state index is 11.1. The van der Waals surface area contributed by atoms with Gasteiger partial charge >= 0.3 is 0 Å². The second-order valence-corrected chi connectivity index (χ2v) is 3.00. The van der Waals surface area contributed by atoms with Crippen LogP contribution in [0.5, 0.6) is 0 Å². The van der Waals surface area contributed by atoms with E-state index in [0.29, 0.717) is 13.1 Å². The Balaban J connectivity index is 2.51. The third-order valence-corrected chi connectivity index (χ3v) is 2.22. The SMILES string of the molecule is CN(C(=O)CN)C1CNCC1O. The molecule has 0 aromatic rings. The Kier molecular flexibility index (Phi) is 3.02. The van der Waals surface area contributed by atoms with Gasteiger partial charge in [-0.15, -0.1) is 0 Å². The summed E-state index contributed by atoms with van der Waals surface area (Å²) in [4.78, 5) is 12.6. The monoisotopic (exact) mass is 173 g/mol. The van der Waals surface area contributed by atoms with Crippen molar-refractivity contribution < 1.29 is 9.90 Å². The first-order chi connectivity index (χ1) is 5.66. The van der Waals surface area contributed by atoms with Crippen LogP contribution in [0.2, 0.25) is 0 Å². The molecular weight excluding hydrogens is 158 g/mol. The lowest BCUT2D eigenvalue weighted by Crippen LogP contribution is -2.46. The minimum absolute atomic E-state index is 0.000278. The van der Waals surface area contributed by atoms with Crippen LogP contribution < -0.4 is 11.1 Å². The van der Waals surface area contributed by atoms with E-state index in [1.807, 2.05) is 0 Å². The van der Waals surface area contributed by atoms with E-state index in [2.05, 4.69) is 5.32 Å². The molecular formula is C7H15N3O2. The van der Waals surface area contributed by atoms with E-state index in [9.17, 15) is 9.90 Å². The van der Waals surface area contributed by atoms with Crippen molar-refractivity contribution in [2.75, 3.05) is 26.7 Å². The van der Waals surface area contributed by atoms with Gasteiger partial charge in [-0.3, -0.25) is 4.79 Å². The quantitative estimate of drug-likeness (QED) is 0.440. The average Bonchev–Trinajstić information content (AvgIpc) is 2.48. The van der Waals surface area contributed by atoms with Gasteiger partial charge in [-0.1, -0.05) is 0 Å². The van der Waals surface area contributed by atoms with Crippen molar-refractivity contribution in [3.8, 4) is 0 Å². The summed E-state index contributed by atoms with van der Waals surface area (Å²) >= 11 is 0. The van der Waals surface area contributed by atoms with Crippen molar-refractivity contribution in [1.82, 2.24) is 10.2 Å². The summed E-state index contributed by atoms with van der Waals surface area (Å²) < 4.78 is 0. The molecule has 1 amide bonds. The topological polar surface area (TPSA) is 78.6 Å². The first-order valence-corrected chi connectivity index (χ1v) is 4.01. The number of hydrogen-bond donors (Lipinski definition) is 3. The van der Waals surface area contributed by atoms with Gasteiger partial charge in [-0.05, 0) is 0 Å². The summed E-state index contributed by atoms with van der Waals surface area (Å²) in [6.07, 6.45) is -0.467. The van der Waals surface area contributed by atoms with E-state index in [1.165, 1.54) is 4.90 Å². The van der Waals surface area contributed by atoms with Crippen molar-refractivity contribution in [2.24, 2.45) is 5.73 Å². The Morgan fingerprint density at radius 2 is 2.42 bits per heavy atom. The van der Waals surface area contributed by atoms with Crippen molar-refractivity contribution in [3.05, 3.63) is 0 Å². The fraction of sp³-hybridized carbons (Fsp3) is 0.857. The van der Waals surface area contributed by atoms with E-state index in [1.54, 1.807) is 7.05 Å². The van der Waals surface area contributed by atoms with Gasteiger partial charge in [0.25, 0.3) is 0 Å². The van der Waals surface area contributed by atoms with Crippen LogP contribution in [0.1, 0.15) is 0 Å². The van der Waals surface area contributed by atoms with E-state index < -0.39 is 6.10 Å². The molecule has 2 atom stereocenters. The molecule has 70 valence electrons. The molecule has 5 heteroatoms. The van der Waals surface area contributed by atoms with Crippen LogP contribution in [0, 0.1) is 0 Å². The maximum Gasteiger partial charge on any atom is 0.236 e. The number of amides is 1. The lowest BCUT2D eigenvalue weighted by molar-refractivity contribution is -0.131. The Labute approximate surface area is 71.5 Å². The number of hydrogen-bond acceptors (Lipinski definition) is 4. The number of carbonyl (C=O) groups is 1. The fourth-order valence-corrected chi connectivity index (χ4v) is 1.38. The number of aliphatic hydroxyl groups is 1. The molecule has 0 spiro atoms. The number of aliphatic hydroxyl groups excluding tert-OH is 1. The average molecular weight is 173 g/mol. The van der Waals surface area contributed by atoms with Crippen molar-refractivity contribution in [1.29, 1.82) is 0 Å². The van der Waals surface area contributed by atoms with Crippen molar-refractivity contribution in [2.45, 2.75) is 12.1 Å². The molecule has 4 N–H and O–H groups in total. The third-order valence-electron chi connectivity index (χ3n) is 2.22. The number of likely N-dealkylation sites (N-methyl/N-ethyl adjacent to an activating group) is 1. The highest BCUT2D eigenvalue weighted by Crippen LogP contribution is 2.06. The van der Waals surface area contributed by atoms with Gasteiger partial charge < -0.3 is 21.1 Å². The number of β-amino-alcohol motifs (C(OH)–C–C–N with tert-alkyl or cyclic N) is 1. The molecule has 1 rings (SSSR count). The molecule has 0 aliphatic carbocycles. The fourth-order valence-electron chi connectivity index (χ4n) is 1.38. The molecule has 0 aromatic heterocycles. The number of carbonyl (C=O) groups excluding carboxylic acids is 1. The van der Waals surface area contributed by atoms with Crippen LogP contribution in [0.3, 0.4) is 0 Å². The molecule has 2 unspecified atom stereocenters. The van der Waals surface area contributed by atoms with Gasteiger partial charge in [0, 0.05) is 20.1 Å². The van der Waals surface area contributed by atoms with Crippen LogP contribution in [0.4, 0.5) is 0 Å². The summed E-state index contributed by atoms with van der Waals surface area (Å²) in [5.41, 5.74) is 5.19. The molecule has 0 radical (unpaired) electrons. The Morgan fingerprint density at radius 3 is 2.83 bits per heavy atom. The molecule has 12 heavy (non-hydrogen) atoms. The minimum Gasteiger partial charge on any atom is -0.390 e. The Morgan fingerprint density at radius 1 is 1.75 bits per heavy atom. The van der Waals surface area contributed by atoms with Crippen molar-refractivity contribution >= 4 is 5.91 Å². The number of nitrogens with two attached hydrogens (primary N) is 1. The molecule has 1 aliphatic rings. The predicted molar refractivity (Wildman–Crippen MR) is 44.5 cm³/mol. The minimum atomic E-state index is -0.467. The molecule has 1 saturated heterocycles. The highest BCUT2D eigenvalue weighted by Gasteiger charge is 2.30. The molecule has 0 aromatic carbocycles. The molecule has 1 fully saturated rings.